The Kier molecular flexibility index (Phi) is 3.87. The van der Waals surface area contributed by atoms with Crippen molar-refractivity contribution in [3.8, 4) is 16.3 Å². The number of nitrogens with zero attached hydrogens (tertiary/aromatic N) is 5. The minimum Gasteiger partial charge on any atom is -0.504 e. The van der Waals surface area contributed by atoms with Gasteiger partial charge in [-0.05, 0) is 6.92 Å². The molecule has 0 aliphatic heterocycles. The van der Waals surface area contributed by atoms with Crippen LogP contribution in [0, 0.1) is 0 Å². The van der Waals surface area contributed by atoms with Crippen molar-refractivity contribution in [3.63, 3.8) is 0 Å². The van der Waals surface area contributed by atoms with Gasteiger partial charge in [-0.2, -0.15) is 10.2 Å². The van der Waals surface area contributed by atoms with E-state index in [0.29, 0.717) is 11.4 Å². The largest absolute Gasteiger partial charge is 0.504 e. The van der Waals surface area contributed by atoms with Crippen LogP contribution in [-0.4, -0.2) is 35.6 Å². The lowest BCUT2D eigenvalue weighted by Crippen LogP contribution is -2.27. The zero-order chi connectivity index (χ0) is 16.6. The van der Waals surface area contributed by atoms with Gasteiger partial charge in [-0.15, -0.1) is 11.3 Å². The summed E-state index contributed by atoms with van der Waals surface area (Å²) < 4.78 is 3.18. The number of thiazole rings is 1. The molecular weight excluding hydrogens is 316 g/mol. The number of carbonyl (C=O) groups is 1. The van der Waals surface area contributed by atoms with Crippen LogP contribution in [0.4, 0.5) is 0 Å². The summed E-state index contributed by atoms with van der Waals surface area (Å²) in [5.41, 5.74) is 1.62. The Bertz CT molecular complexity index is 849. The predicted octanol–water partition coefficient (Wildman–Crippen LogP) is 1.47. The molecule has 1 atom stereocenters. The predicted molar refractivity (Wildman–Crippen MR) is 85.1 cm³/mol. The van der Waals surface area contributed by atoms with Crippen LogP contribution < -0.4 is 5.32 Å². The van der Waals surface area contributed by atoms with E-state index in [1.165, 1.54) is 22.2 Å². The summed E-state index contributed by atoms with van der Waals surface area (Å²) in [6.07, 6.45) is 5.03. The molecule has 0 saturated heterocycles. The standard InChI is InChI=1S/C14H16N6O2S/c1-8(12-11(21)6-20(3)18-12)16-13(22)10-7-23-14(17-10)9-4-15-19(2)5-9/h4-8,21H,1-3H3,(H,16,22). The fraction of sp³-hybridized carbons (Fsp3) is 0.286. The van der Waals surface area contributed by atoms with E-state index in [1.807, 2.05) is 13.2 Å². The van der Waals surface area contributed by atoms with Crippen LogP contribution in [0.25, 0.3) is 10.6 Å². The molecule has 23 heavy (non-hydrogen) atoms. The van der Waals surface area contributed by atoms with Gasteiger partial charge in [-0.1, -0.05) is 0 Å². The quantitative estimate of drug-likeness (QED) is 0.754. The average molecular weight is 332 g/mol. The molecule has 0 aromatic carbocycles. The summed E-state index contributed by atoms with van der Waals surface area (Å²) in [6, 6.07) is -0.424. The molecule has 2 N–H and O–H groups in total. The fourth-order valence-corrected chi connectivity index (χ4v) is 2.96. The maximum Gasteiger partial charge on any atom is 0.271 e. The summed E-state index contributed by atoms with van der Waals surface area (Å²) >= 11 is 1.38. The van der Waals surface area contributed by atoms with Gasteiger partial charge in [0.2, 0.25) is 0 Å². The summed E-state index contributed by atoms with van der Waals surface area (Å²) in [4.78, 5) is 16.6. The zero-order valence-corrected chi connectivity index (χ0v) is 13.7. The highest BCUT2D eigenvalue weighted by Gasteiger charge is 2.19. The first kappa shape index (κ1) is 15.2. The third kappa shape index (κ3) is 3.09. The highest BCUT2D eigenvalue weighted by molar-refractivity contribution is 7.13. The Balaban J connectivity index is 1.74. The molecule has 3 heterocycles. The van der Waals surface area contributed by atoms with E-state index in [2.05, 4.69) is 20.5 Å². The van der Waals surface area contributed by atoms with Crippen molar-refractivity contribution in [2.75, 3.05) is 0 Å². The number of aryl methyl sites for hydroxylation is 2. The number of aromatic nitrogens is 5. The van der Waals surface area contributed by atoms with Crippen LogP contribution in [0.15, 0.2) is 24.0 Å². The molecule has 1 amide bonds. The minimum absolute atomic E-state index is 0.0506. The molecule has 3 aromatic rings. The molecule has 1 unspecified atom stereocenters. The van der Waals surface area contributed by atoms with Crippen molar-refractivity contribution >= 4 is 17.2 Å². The third-order valence-corrected chi connectivity index (χ3v) is 4.17. The maximum absolute atomic E-state index is 12.3. The smallest absolute Gasteiger partial charge is 0.271 e. The van der Waals surface area contributed by atoms with E-state index in [9.17, 15) is 9.90 Å². The highest BCUT2D eigenvalue weighted by Crippen LogP contribution is 2.24. The number of hydrogen-bond acceptors (Lipinski definition) is 6. The third-order valence-electron chi connectivity index (χ3n) is 3.28. The summed E-state index contributed by atoms with van der Waals surface area (Å²) in [6.45, 7) is 1.76. The Hall–Kier alpha value is -2.68. The summed E-state index contributed by atoms with van der Waals surface area (Å²) in [5.74, 6) is -0.261. The molecule has 0 radical (unpaired) electrons. The van der Waals surface area contributed by atoms with E-state index >= 15 is 0 Å². The Morgan fingerprint density at radius 3 is 2.74 bits per heavy atom. The monoisotopic (exact) mass is 332 g/mol. The van der Waals surface area contributed by atoms with Gasteiger partial charge in [0, 0.05) is 31.2 Å². The first-order chi connectivity index (χ1) is 10.9. The molecule has 3 rings (SSSR count). The summed E-state index contributed by atoms with van der Waals surface area (Å²) in [5, 5.41) is 23.2. The van der Waals surface area contributed by atoms with Gasteiger partial charge in [-0.3, -0.25) is 14.2 Å². The molecular formula is C14H16N6O2S. The van der Waals surface area contributed by atoms with E-state index < -0.39 is 6.04 Å². The molecule has 0 fully saturated rings. The lowest BCUT2D eigenvalue weighted by atomic mass is 10.2. The van der Waals surface area contributed by atoms with Crippen LogP contribution in [0.1, 0.15) is 29.1 Å². The summed E-state index contributed by atoms with van der Waals surface area (Å²) in [7, 11) is 3.53. The van der Waals surface area contributed by atoms with Crippen molar-refractivity contribution < 1.29 is 9.90 Å². The van der Waals surface area contributed by atoms with E-state index in [1.54, 1.807) is 30.2 Å². The second-order valence-corrected chi connectivity index (χ2v) is 6.07. The van der Waals surface area contributed by atoms with Gasteiger partial charge >= 0.3 is 0 Å². The maximum atomic E-state index is 12.3. The molecule has 9 heteroatoms. The Labute approximate surface area is 136 Å². The number of carbonyl (C=O) groups excluding carboxylic acids is 1. The Morgan fingerprint density at radius 1 is 1.35 bits per heavy atom. The minimum atomic E-state index is -0.424. The second-order valence-electron chi connectivity index (χ2n) is 5.21. The van der Waals surface area contributed by atoms with Gasteiger partial charge < -0.3 is 10.4 Å². The molecule has 0 aliphatic rings. The van der Waals surface area contributed by atoms with Gasteiger partial charge in [-0.25, -0.2) is 4.98 Å². The van der Waals surface area contributed by atoms with E-state index in [-0.39, 0.29) is 11.7 Å². The topological polar surface area (TPSA) is 97.9 Å². The van der Waals surface area contributed by atoms with Gasteiger partial charge in [0.1, 0.15) is 16.4 Å². The molecule has 0 aliphatic carbocycles. The SMILES string of the molecule is CC(NC(=O)c1csc(-c2cnn(C)c2)n1)c1nn(C)cc1O. The number of hydrogen-bond donors (Lipinski definition) is 2. The van der Waals surface area contributed by atoms with Crippen LogP contribution in [0.2, 0.25) is 0 Å². The van der Waals surface area contributed by atoms with Crippen LogP contribution >= 0.6 is 11.3 Å². The van der Waals surface area contributed by atoms with Crippen LogP contribution in [-0.2, 0) is 14.1 Å². The van der Waals surface area contributed by atoms with Crippen molar-refractivity contribution in [1.29, 1.82) is 0 Å². The molecule has 8 nitrogen and oxygen atoms in total. The lowest BCUT2D eigenvalue weighted by molar-refractivity contribution is 0.0934. The van der Waals surface area contributed by atoms with Gasteiger partial charge in [0.15, 0.2) is 5.75 Å². The van der Waals surface area contributed by atoms with Gasteiger partial charge in [0.25, 0.3) is 5.91 Å². The van der Waals surface area contributed by atoms with Crippen LogP contribution in [0.3, 0.4) is 0 Å². The Morgan fingerprint density at radius 2 is 2.13 bits per heavy atom. The first-order valence-electron chi connectivity index (χ1n) is 6.92. The van der Waals surface area contributed by atoms with Crippen molar-refractivity contribution in [3.05, 3.63) is 35.4 Å². The first-order valence-corrected chi connectivity index (χ1v) is 7.80. The normalized spacial score (nSPS) is 12.3. The highest BCUT2D eigenvalue weighted by atomic mass is 32.1. The number of rotatable bonds is 4. The van der Waals surface area contributed by atoms with Crippen LogP contribution in [0.5, 0.6) is 5.75 Å². The molecule has 0 saturated carbocycles. The molecule has 3 aromatic heterocycles. The van der Waals surface area contributed by atoms with E-state index in [0.717, 1.165) is 10.6 Å². The second kappa shape index (κ2) is 5.84. The number of aromatic hydroxyl groups is 1. The van der Waals surface area contributed by atoms with Crippen molar-refractivity contribution in [1.82, 2.24) is 29.9 Å². The zero-order valence-electron chi connectivity index (χ0n) is 12.9. The average Bonchev–Trinajstić information content (AvgIpc) is 3.18. The van der Waals surface area contributed by atoms with Crippen molar-refractivity contribution in [2.45, 2.75) is 13.0 Å². The number of nitrogens with one attached hydrogen (secondary N) is 1. The van der Waals surface area contributed by atoms with Gasteiger partial charge in [0.05, 0.1) is 18.4 Å². The molecule has 0 spiro atoms. The molecule has 120 valence electrons. The van der Waals surface area contributed by atoms with Crippen molar-refractivity contribution in [2.24, 2.45) is 14.1 Å². The van der Waals surface area contributed by atoms with E-state index in [4.69, 9.17) is 0 Å². The molecule has 0 bridgehead atoms. The fourth-order valence-electron chi connectivity index (χ4n) is 2.18. The number of amides is 1. The lowest BCUT2D eigenvalue weighted by Gasteiger charge is -2.10.